The molecule has 0 aromatic heterocycles. The van der Waals surface area contributed by atoms with Crippen LogP contribution in [0.4, 0.5) is 0 Å². The van der Waals surface area contributed by atoms with E-state index < -0.39 is 0 Å². The van der Waals surface area contributed by atoms with Crippen LogP contribution in [0.5, 0.6) is 5.75 Å². The lowest BCUT2D eigenvalue weighted by Gasteiger charge is -2.18. The average molecular weight is 206 g/mol. The molecule has 2 heteroatoms. The summed E-state index contributed by atoms with van der Waals surface area (Å²) in [5.74, 6) is 0.896. The molecule has 0 N–H and O–H groups in total. The first-order chi connectivity index (χ1) is 6.88. The van der Waals surface area contributed by atoms with Crippen molar-refractivity contribution in [1.29, 1.82) is 0 Å². The molecule has 0 radical (unpaired) electrons. The summed E-state index contributed by atoms with van der Waals surface area (Å²) in [6, 6.07) is 7.26. The predicted molar refractivity (Wildman–Crippen MR) is 61.4 cm³/mol. The number of Topliss-reactive ketones (excluding diaryl/α,β-unsaturated/α-hetero) is 1. The molecule has 1 aromatic rings. The molecule has 2 nitrogen and oxygen atoms in total. The number of ketones is 1. The molecule has 1 aromatic carbocycles. The van der Waals surface area contributed by atoms with Crippen molar-refractivity contribution in [2.75, 3.05) is 6.61 Å². The van der Waals surface area contributed by atoms with Crippen LogP contribution in [0, 0.1) is 5.41 Å². The van der Waals surface area contributed by atoms with E-state index >= 15 is 0 Å². The van der Waals surface area contributed by atoms with Crippen LogP contribution in [0.1, 0.15) is 38.1 Å². The maximum absolute atomic E-state index is 11.0. The maximum atomic E-state index is 11.0. The highest BCUT2D eigenvalue weighted by Crippen LogP contribution is 2.18. The standard InChI is InChI=1S/C13H18O2/c1-10(14)11-5-7-12(8-6-11)15-9-13(2,3)4/h5-8H,9H2,1-4H3. The summed E-state index contributed by atoms with van der Waals surface area (Å²) < 4.78 is 5.59. The van der Waals surface area contributed by atoms with Gasteiger partial charge >= 0.3 is 0 Å². The Morgan fingerprint density at radius 3 is 2.13 bits per heavy atom. The molecule has 1 rings (SSSR count). The van der Waals surface area contributed by atoms with Crippen molar-refractivity contribution >= 4 is 5.78 Å². The molecule has 0 saturated heterocycles. The molecular formula is C13H18O2. The Balaban J connectivity index is 2.61. The number of hydrogen-bond donors (Lipinski definition) is 0. The van der Waals surface area contributed by atoms with Crippen LogP contribution in [-0.4, -0.2) is 12.4 Å². The third-order valence-electron chi connectivity index (χ3n) is 1.93. The van der Waals surface area contributed by atoms with Gasteiger partial charge < -0.3 is 4.74 Å². The van der Waals surface area contributed by atoms with Gasteiger partial charge in [0.05, 0.1) is 6.61 Å². The van der Waals surface area contributed by atoms with Gasteiger partial charge in [-0.15, -0.1) is 0 Å². The minimum Gasteiger partial charge on any atom is -0.493 e. The Kier molecular flexibility index (Phi) is 3.51. The van der Waals surface area contributed by atoms with Gasteiger partial charge in [-0.3, -0.25) is 4.79 Å². The van der Waals surface area contributed by atoms with E-state index in [0.717, 1.165) is 11.3 Å². The van der Waals surface area contributed by atoms with E-state index in [4.69, 9.17) is 4.74 Å². The molecule has 0 aliphatic heterocycles. The lowest BCUT2D eigenvalue weighted by atomic mass is 9.99. The Hall–Kier alpha value is -1.31. The van der Waals surface area contributed by atoms with Crippen molar-refractivity contribution in [3.05, 3.63) is 29.8 Å². The summed E-state index contributed by atoms with van der Waals surface area (Å²) in [6.45, 7) is 8.60. The van der Waals surface area contributed by atoms with Crippen molar-refractivity contribution < 1.29 is 9.53 Å². The monoisotopic (exact) mass is 206 g/mol. The molecule has 0 heterocycles. The van der Waals surface area contributed by atoms with Crippen molar-refractivity contribution in [3.63, 3.8) is 0 Å². The fourth-order valence-electron chi connectivity index (χ4n) is 1.09. The molecule has 0 atom stereocenters. The van der Waals surface area contributed by atoms with Crippen molar-refractivity contribution in [3.8, 4) is 5.75 Å². The molecule has 0 saturated carbocycles. The van der Waals surface area contributed by atoms with Crippen LogP contribution in [0.25, 0.3) is 0 Å². The number of ether oxygens (including phenoxy) is 1. The highest BCUT2D eigenvalue weighted by molar-refractivity contribution is 5.94. The van der Waals surface area contributed by atoms with Gasteiger partial charge in [-0.1, -0.05) is 20.8 Å². The van der Waals surface area contributed by atoms with E-state index in [1.807, 2.05) is 12.1 Å². The van der Waals surface area contributed by atoms with Gasteiger partial charge in [-0.25, -0.2) is 0 Å². The highest BCUT2D eigenvalue weighted by atomic mass is 16.5. The van der Waals surface area contributed by atoms with Gasteiger partial charge in [0.2, 0.25) is 0 Å². The molecule has 82 valence electrons. The molecule has 0 amide bonds. The molecule has 0 bridgehead atoms. The number of benzene rings is 1. The van der Waals surface area contributed by atoms with E-state index in [2.05, 4.69) is 20.8 Å². The average Bonchev–Trinajstić information content (AvgIpc) is 2.14. The van der Waals surface area contributed by atoms with Crippen LogP contribution in [0.15, 0.2) is 24.3 Å². The van der Waals surface area contributed by atoms with Crippen LogP contribution in [0.3, 0.4) is 0 Å². The number of carbonyl (C=O) groups excluding carboxylic acids is 1. The third-order valence-corrected chi connectivity index (χ3v) is 1.93. The third kappa shape index (κ3) is 4.15. The van der Waals surface area contributed by atoms with E-state index in [1.54, 1.807) is 19.1 Å². The van der Waals surface area contributed by atoms with Gasteiger partial charge in [0.15, 0.2) is 5.78 Å². The highest BCUT2D eigenvalue weighted by Gasteiger charge is 2.10. The van der Waals surface area contributed by atoms with Crippen molar-refractivity contribution in [2.45, 2.75) is 27.7 Å². The minimum atomic E-state index is 0.0809. The predicted octanol–water partition coefficient (Wildman–Crippen LogP) is 3.31. The van der Waals surface area contributed by atoms with Gasteiger partial charge in [0.1, 0.15) is 5.75 Å². The lowest BCUT2D eigenvalue weighted by molar-refractivity contribution is 0.101. The van der Waals surface area contributed by atoms with Gasteiger partial charge in [0, 0.05) is 5.56 Å². The van der Waals surface area contributed by atoms with Crippen molar-refractivity contribution in [1.82, 2.24) is 0 Å². The van der Waals surface area contributed by atoms with E-state index in [9.17, 15) is 4.79 Å². The summed E-state index contributed by atoms with van der Waals surface area (Å²) >= 11 is 0. The van der Waals surface area contributed by atoms with Crippen molar-refractivity contribution in [2.24, 2.45) is 5.41 Å². The second-order valence-corrected chi connectivity index (χ2v) is 4.93. The smallest absolute Gasteiger partial charge is 0.159 e. The SMILES string of the molecule is CC(=O)c1ccc(OCC(C)(C)C)cc1. The summed E-state index contributed by atoms with van der Waals surface area (Å²) in [7, 11) is 0. The van der Waals surface area contributed by atoms with E-state index in [-0.39, 0.29) is 11.2 Å². The van der Waals surface area contributed by atoms with Gasteiger partial charge in [0.25, 0.3) is 0 Å². The Morgan fingerprint density at radius 1 is 1.20 bits per heavy atom. The Morgan fingerprint density at radius 2 is 1.73 bits per heavy atom. The number of hydrogen-bond acceptors (Lipinski definition) is 2. The summed E-state index contributed by atoms with van der Waals surface area (Å²) in [6.07, 6.45) is 0. The van der Waals surface area contributed by atoms with Crippen LogP contribution in [-0.2, 0) is 0 Å². The topological polar surface area (TPSA) is 26.3 Å². The fourth-order valence-corrected chi connectivity index (χ4v) is 1.09. The second-order valence-electron chi connectivity index (χ2n) is 4.93. The largest absolute Gasteiger partial charge is 0.493 e. The Bertz CT molecular complexity index is 331. The quantitative estimate of drug-likeness (QED) is 0.709. The molecule has 0 fully saturated rings. The number of carbonyl (C=O) groups is 1. The summed E-state index contributed by atoms with van der Waals surface area (Å²) in [5.41, 5.74) is 0.873. The first kappa shape index (κ1) is 11.8. The van der Waals surface area contributed by atoms with E-state index in [0.29, 0.717) is 6.61 Å². The van der Waals surface area contributed by atoms with Crippen LogP contribution >= 0.6 is 0 Å². The molecule has 0 spiro atoms. The molecule has 15 heavy (non-hydrogen) atoms. The molecular weight excluding hydrogens is 188 g/mol. The minimum absolute atomic E-state index is 0.0809. The van der Waals surface area contributed by atoms with Gasteiger partial charge in [-0.05, 0) is 36.6 Å². The fraction of sp³-hybridized carbons (Fsp3) is 0.462. The van der Waals surface area contributed by atoms with Crippen LogP contribution < -0.4 is 4.74 Å². The van der Waals surface area contributed by atoms with E-state index in [1.165, 1.54) is 0 Å². The first-order valence-electron chi connectivity index (χ1n) is 5.12. The normalized spacial score (nSPS) is 11.2. The molecule has 0 unspecified atom stereocenters. The van der Waals surface area contributed by atoms with Gasteiger partial charge in [-0.2, -0.15) is 0 Å². The lowest BCUT2D eigenvalue weighted by Crippen LogP contribution is -2.16. The summed E-state index contributed by atoms with van der Waals surface area (Å²) in [5, 5.41) is 0. The first-order valence-corrected chi connectivity index (χ1v) is 5.12. The van der Waals surface area contributed by atoms with Crippen LogP contribution in [0.2, 0.25) is 0 Å². The summed E-state index contributed by atoms with van der Waals surface area (Å²) in [4.78, 5) is 11.0. The number of rotatable bonds is 3. The zero-order chi connectivity index (χ0) is 11.5. The maximum Gasteiger partial charge on any atom is 0.159 e. The molecule has 0 aliphatic rings. The zero-order valence-corrected chi connectivity index (χ0v) is 9.83. The Labute approximate surface area is 91.3 Å². The zero-order valence-electron chi connectivity index (χ0n) is 9.83. The second kappa shape index (κ2) is 4.47. The molecule has 0 aliphatic carbocycles.